The van der Waals surface area contributed by atoms with Crippen molar-refractivity contribution in [3.05, 3.63) is 28.8 Å². The van der Waals surface area contributed by atoms with Gasteiger partial charge in [0.1, 0.15) is 0 Å². The minimum Gasteiger partial charge on any atom is -0.385 e. The van der Waals surface area contributed by atoms with E-state index in [0.29, 0.717) is 0 Å². The summed E-state index contributed by atoms with van der Waals surface area (Å²) in [6, 6.07) is 6.03. The molecule has 94 valence electrons. The maximum absolute atomic E-state index is 6.01. The number of hydrogen-bond acceptors (Lipinski definition) is 2. The average Bonchev–Trinajstić information content (AvgIpc) is 2.32. The van der Waals surface area contributed by atoms with Crippen molar-refractivity contribution in [2.45, 2.75) is 19.8 Å². The third kappa shape index (κ3) is 3.62. The SMILES string of the molecule is Cc1ccc(Cl)cc1NCC1CCN(C)CC1. The van der Waals surface area contributed by atoms with Gasteiger partial charge in [0.25, 0.3) is 0 Å². The summed E-state index contributed by atoms with van der Waals surface area (Å²) >= 11 is 6.01. The van der Waals surface area contributed by atoms with E-state index in [-0.39, 0.29) is 0 Å². The first kappa shape index (κ1) is 12.7. The highest BCUT2D eigenvalue weighted by atomic mass is 35.5. The first-order valence-electron chi connectivity index (χ1n) is 6.33. The fourth-order valence-electron chi connectivity index (χ4n) is 2.31. The van der Waals surface area contributed by atoms with Gasteiger partial charge in [-0.3, -0.25) is 0 Å². The molecule has 2 rings (SSSR count). The van der Waals surface area contributed by atoms with E-state index in [1.165, 1.54) is 37.2 Å². The van der Waals surface area contributed by atoms with Crippen LogP contribution in [0.15, 0.2) is 18.2 Å². The summed E-state index contributed by atoms with van der Waals surface area (Å²) in [6.45, 7) is 5.63. The number of benzene rings is 1. The van der Waals surface area contributed by atoms with Crippen LogP contribution < -0.4 is 5.32 Å². The van der Waals surface area contributed by atoms with Crippen LogP contribution in [0, 0.1) is 12.8 Å². The number of piperidine rings is 1. The molecule has 17 heavy (non-hydrogen) atoms. The molecule has 0 bridgehead atoms. The number of rotatable bonds is 3. The lowest BCUT2D eigenvalue weighted by atomic mass is 9.97. The van der Waals surface area contributed by atoms with Crippen molar-refractivity contribution in [3.63, 3.8) is 0 Å². The van der Waals surface area contributed by atoms with Gasteiger partial charge >= 0.3 is 0 Å². The van der Waals surface area contributed by atoms with Crippen LogP contribution in [0.4, 0.5) is 5.69 Å². The molecule has 3 heteroatoms. The Morgan fingerprint density at radius 2 is 2.06 bits per heavy atom. The lowest BCUT2D eigenvalue weighted by Crippen LogP contribution is -2.33. The fourth-order valence-corrected chi connectivity index (χ4v) is 2.48. The molecule has 0 spiro atoms. The lowest BCUT2D eigenvalue weighted by molar-refractivity contribution is 0.226. The molecule has 0 radical (unpaired) electrons. The standard InChI is InChI=1S/C14H21ClN2/c1-11-3-4-13(15)9-14(11)16-10-12-5-7-17(2)8-6-12/h3-4,9,12,16H,5-8,10H2,1-2H3. The van der Waals surface area contributed by atoms with Crippen LogP contribution in [0.2, 0.25) is 5.02 Å². The summed E-state index contributed by atoms with van der Waals surface area (Å²) in [7, 11) is 2.20. The Bertz CT molecular complexity index is 370. The van der Waals surface area contributed by atoms with Crippen LogP contribution in [-0.2, 0) is 0 Å². The first-order valence-corrected chi connectivity index (χ1v) is 6.71. The van der Waals surface area contributed by atoms with E-state index in [4.69, 9.17) is 11.6 Å². The Labute approximate surface area is 109 Å². The van der Waals surface area contributed by atoms with Crippen molar-refractivity contribution >= 4 is 17.3 Å². The van der Waals surface area contributed by atoms with Gasteiger partial charge in [0, 0.05) is 17.3 Å². The number of likely N-dealkylation sites (tertiary alicyclic amines) is 1. The highest BCUT2D eigenvalue weighted by molar-refractivity contribution is 6.30. The molecule has 1 heterocycles. The third-order valence-electron chi connectivity index (χ3n) is 3.62. The summed E-state index contributed by atoms with van der Waals surface area (Å²) in [5.41, 5.74) is 2.44. The van der Waals surface area contributed by atoms with Crippen molar-refractivity contribution in [1.29, 1.82) is 0 Å². The monoisotopic (exact) mass is 252 g/mol. The molecule has 0 saturated carbocycles. The number of anilines is 1. The molecule has 1 fully saturated rings. The van der Waals surface area contributed by atoms with E-state index < -0.39 is 0 Å². The number of nitrogens with zero attached hydrogens (tertiary/aromatic N) is 1. The summed E-state index contributed by atoms with van der Waals surface area (Å²) in [5.74, 6) is 0.796. The van der Waals surface area contributed by atoms with Crippen molar-refractivity contribution < 1.29 is 0 Å². The number of hydrogen-bond donors (Lipinski definition) is 1. The zero-order valence-corrected chi connectivity index (χ0v) is 11.4. The first-order chi connectivity index (χ1) is 8.15. The van der Waals surface area contributed by atoms with Crippen molar-refractivity contribution in [2.75, 3.05) is 32.0 Å². The number of nitrogens with one attached hydrogen (secondary N) is 1. The predicted molar refractivity (Wildman–Crippen MR) is 74.9 cm³/mol. The van der Waals surface area contributed by atoms with Gasteiger partial charge in [0.05, 0.1) is 0 Å². The summed E-state index contributed by atoms with van der Waals surface area (Å²) in [4.78, 5) is 2.40. The second kappa shape index (κ2) is 5.74. The molecular formula is C14H21ClN2. The van der Waals surface area contributed by atoms with Crippen LogP contribution in [-0.4, -0.2) is 31.6 Å². The van der Waals surface area contributed by atoms with E-state index >= 15 is 0 Å². The summed E-state index contributed by atoms with van der Waals surface area (Å²) < 4.78 is 0. The van der Waals surface area contributed by atoms with Gasteiger partial charge in [0.15, 0.2) is 0 Å². The predicted octanol–water partition coefficient (Wildman–Crippen LogP) is 3.40. The molecular weight excluding hydrogens is 232 g/mol. The molecule has 1 N–H and O–H groups in total. The van der Waals surface area contributed by atoms with Crippen LogP contribution in [0.25, 0.3) is 0 Å². The molecule has 0 amide bonds. The van der Waals surface area contributed by atoms with E-state index in [1.807, 2.05) is 12.1 Å². The molecule has 1 aromatic carbocycles. The normalized spacial score (nSPS) is 18.3. The smallest absolute Gasteiger partial charge is 0.0426 e. The minimum atomic E-state index is 0.796. The van der Waals surface area contributed by atoms with E-state index in [0.717, 1.165) is 17.5 Å². The van der Waals surface area contributed by atoms with E-state index in [9.17, 15) is 0 Å². The average molecular weight is 253 g/mol. The molecule has 1 aliphatic rings. The van der Waals surface area contributed by atoms with Gasteiger partial charge in [0.2, 0.25) is 0 Å². The molecule has 1 aromatic rings. The Kier molecular flexibility index (Phi) is 4.30. The van der Waals surface area contributed by atoms with Gasteiger partial charge in [-0.1, -0.05) is 17.7 Å². The Hall–Kier alpha value is -0.730. The van der Waals surface area contributed by atoms with Gasteiger partial charge in [-0.25, -0.2) is 0 Å². The largest absolute Gasteiger partial charge is 0.385 e. The highest BCUT2D eigenvalue weighted by Crippen LogP contribution is 2.22. The maximum atomic E-state index is 6.01. The molecule has 0 aliphatic carbocycles. The topological polar surface area (TPSA) is 15.3 Å². The summed E-state index contributed by atoms with van der Waals surface area (Å²) in [6.07, 6.45) is 2.59. The number of aryl methyl sites for hydroxylation is 1. The van der Waals surface area contributed by atoms with Crippen LogP contribution in [0.1, 0.15) is 18.4 Å². The Morgan fingerprint density at radius 3 is 2.76 bits per heavy atom. The minimum absolute atomic E-state index is 0.796. The van der Waals surface area contributed by atoms with Gasteiger partial charge in [-0.05, 0) is 63.5 Å². The zero-order chi connectivity index (χ0) is 12.3. The van der Waals surface area contributed by atoms with Crippen molar-refractivity contribution in [3.8, 4) is 0 Å². The molecule has 2 nitrogen and oxygen atoms in total. The van der Waals surface area contributed by atoms with Crippen LogP contribution >= 0.6 is 11.6 Å². The number of halogens is 1. The zero-order valence-electron chi connectivity index (χ0n) is 10.7. The van der Waals surface area contributed by atoms with Gasteiger partial charge in [-0.2, -0.15) is 0 Å². The molecule has 0 atom stereocenters. The highest BCUT2D eigenvalue weighted by Gasteiger charge is 2.16. The fraction of sp³-hybridized carbons (Fsp3) is 0.571. The Balaban J connectivity index is 1.87. The molecule has 0 unspecified atom stereocenters. The van der Waals surface area contributed by atoms with Crippen molar-refractivity contribution in [1.82, 2.24) is 4.90 Å². The van der Waals surface area contributed by atoms with E-state index in [1.54, 1.807) is 0 Å². The second-order valence-electron chi connectivity index (χ2n) is 5.09. The molecule has 1 saturated heterocycles. The van der Waals surface area contributed by atoms with Gasteiger partial charge in [-0.15, -0.1) is 0 Å². The van der Waals surface area contributed by atoms with E-state index in [2.05, 4.69) is 30.3 Å². The molecule has 0 aromatic heterocycles. The van der Waals surface area contributed by atoms with Crippen LogP contribution in [0.3, 0.4) is 0 Å². The van der Waals surface area contributed by atoms with Crippen LogP contribution in [0.5, 0.6) is 0 Å². The lowest BCUT2D eigenvalue weighted by Gasteiger charge is -2.29. The summed E-state index contributed by atoms with van der Waals surface area (Å²) in [5, 5.41) is 4.34. The van der Waals surface area contributed by atoms with Gasteiger partial charge < -0.3 is 10.2 Å². The molecule has 1 aliphatic heterocycles. The maximum Gasteiger partial charge on any atom is 0.0426 e. The van der Waals surface area contributed by atoms with Crippen molar-refractivity contribution in [2.24, 2.45) is 5.92 Å². The second-order valence-corrected chi connectivity index (χ2v) is 5.52. The quantitative estimate of drug-likeness (QED) is 0.887. The third-order valence-corrected chi connectivity index (χ3v) is 3.85. The Morgan fingerprint density at radius 1 is 1.35 bits per heavy atom.